The van der Waals surface area contributed by atoms with Crippen molar-refractivity contribution >= 4 is 17.6 Å². The second-order valence-corrected chi connectivity index (χ2v) is 8.73. The van der Waals surface area contributed by atoms with Crippen LogP contribution in [0.4, 0.5) is 5.69 Å². The lowest BCUT2D eigenvalue weighted by molar-refractivity contribution is -0.143. The number of hydrogen-bond donors (Lipinski definition) is 2. The van der Waals surface area contributed by atoms with Gasteiger partial charge in [-0.2, -0.15) is 0 Å². The number of esters is 1. The van der Waals surface area contributed by atoms with Gasteiger partial charge in [-0.1, -0.05) is 37.5 Å². The number of β-amino-alcohol motifs (C(OH)–C–C–N with tert-alkyl or cyclic N) is 1. The molecule has 1 aromatic carbocycles. The van der Waals surface area contributed by atoms with E-state index in [1.165, 1.54) is 5.69 Å². The van der Waals surface area contributed by atoms with Gasteiger partial charge in [0.25, 0.3) is 0 Å². The van der Waals surface area contributed by atoms with Crippen LogP contribution in [0.15, 0.2) is 42.5 Å². The van der Waals surface area contributed by atoms with Crippen molar-refractivity contribution in [1.82, 2.24) is 4.90 Å². The molecule has 7 nitrogen and oxygen atoms in total. The van der Waals surface area contributed by atoms with E-state index in [0.717, 1.165) is 70.4 Å². The Morgan fingerprint density at radius 2 is 1.70 bits per heavy atom. The molecule has 2 saturated carbocycles. The average Bonchev–Trinajstić information content (AvgIpc) is 3.21. The molecule has 1 unspecified atom stereocenters. The number of aliphatic carboxylic acids is 1. The van der Waals surface area contributed by atoms with Crippen LogP contribution in [0.5, 0.6) is 0 Å². The number of anilines is 1. The molecule has 0 radical (unpaired) electrons. The second kappa shape index (κ2) is 8.40. The quantitative estimate of drug-likeness (QED) is 0.544. The second-order valence-electron chi connectivity index (χ2n) is 8.73. The van der Waals surface area contributed by atoms with Gasteiger partial charge in [0.15, 0.2) is 0 Å². The summed E-state index contributed by atoms with van der Waals surface area (Å²) in [7, 11) is 0. The molecule has 3 fully saturated rings. The fourth-order valence-electron chi connectivity index (χ4n) is 5.37. The van der Waals surface area contributed by atoms with Gasteiger partial charge in [0.1, 0.15) is 11.7 Å². The fraction of sp³-hybridized carbons (Fsp3) is 0.565. The SMILES string of the molecule is O=C(O)C=CC(=O)OC1C2(CCCCC2)[C@]1(O)CN1CCN(c2ccccc2)CC1. The zero-order valence-corrected chi connectivity index (χ0v) is 17.2. The predicted octanol–water partition coefficient (Wildman–Crippen LogP) is 2.06. The van der Waals surface area contributed by atoms with Crippen molar-refractivity contribution in [3.05, 3.63) is 42.5 Å². The molecular formula is C23H30N2O5. The Kier molecular flexibility index (Phi) is 5.84. The first-order valence-electron chi connectivity index (χ1n) is 10.8. The van der Waals surface area contributed by atoms with Gasteiger partial charge in [0.2, 0.25) is 0 Å². The monoisotopic (exact) mass is 414 g/mol. The number of hydrogen-bond acceptors (Lipinski definition) is 6. The summed E-state index contributed by atoms with van der Waals surface area (Å²) in [4.78, 5) is 27.4. The predicted molar refractivity (Wildman–Crippen MR) is 112 cm³/mol. The lowest BCUT2D eigenvalue weighted by Gasteiger charge is -2.38. The van der Waals surface area contributed by atoms with E-state index >= 15 is 0 Å². The molecule has 7 heteroatoms. The molecule has 2 aliphatic carbocycles. The van der Waals surface area contributed by atoms with E-state index < -0.39 is 29.1 Å². The molecular weight excluding hydrogens is 384 g/mol. The highest BCUT2D eigenvalue weighted by atomic mass is 16.6. The maximum Gasteiger partial charge on any atom is 0.331 e. The molecule has 3 aliphatic rings. The highest BCUT2D eigenvalue weighted by Gasteiger charge is 2.78. The van der Waals surface area contributed by atoms with E-state index in [9.17, 15) is 14.7 Å². The van der Waals surface area contributed by atoms with Crippen LogP contribution in [0, 0.1) is 5.41 Å². The number of aliphatic hydroxyl groups is 1. The molecule has 1 heterocycles. The largest absolute Gasteiger partial charge is 0.478 e. The van der Waals surface area contributed by atoms with Crippen molar-refractivity contribution < 1.29 is 24.5 Å². The first-order valence-corrected chi connectivity index (χ1v) is 10.8. The number of piperazine rings is 1. The van der Waals surface area contributed by atoms with Gasteiger partial charge < -0.3 is 19.8 Å². The first kappa shape index (κ1) is 20.9. The van der Waals surface area contributed by atoms with Crippen molar-refractivity contribution in [2.75, 3.05) is 37.6 Å². The summed E-state index contributed by atoms with van der Waals surface area (Å²) in [5.74, 6) is -1.89. The molecule has 0 amide bonds. The van der Waals surface area contributed by atoms with Crippen molar-refractivity contribution in [3.8, 4) is 0 Å². The van der Waals surface area contributed by atoms with Crippen LogP contribution in [0.1, 0.15) is 32.1 Å². The zero-order chi connectivity index (χ0) is 21.2. The van der Waals surface area contributed by atoms with Gasteiger partial charge >= 0.3 is 11.9 Å². The number of carboxylic acids is 1. The van der Waals surface area contributed by atoms with E-state index in [1.54, 1.807) is 0 Å². The molecule has 2 N–H and O–H groups in total. The van der Waals surface area contributed by atoms with Gasteiger partial charge in [0.05, 0.1) is 0 Å². The molecule has 0 aromatic heterocycles. The molecule has 4 rings (SSSR count). The minimum absolute atomic E-state index is 0.394. The van der Waals surface area contributed by atoms with E-state index in [-0.39, 0.29) is 0 Å². The fourth-order valence-corrected chi connectivity index (χ4v) is 5.37. The van der Waals surface area contributed by atoms with Crippen LogP contribution in [0.25, 0.3) is 0 Å². The summed E-state index contributed by atoms with van der Waals surface area (Å²) in [5, 5.41) is 20.3. The minimum atomic E-state index is -1.19. The smallest absolute Gasteiger partial charge is 0.331 e. The van der Waals surface area contributed by atoms with Crippen LogP contribution < -0.4 is 4.90 Å². The molecule has 1 aliphatic heterocycles. The first-order chi connectivity index (χ1) is 14.4. The average molecular weight is 415 g/mol. The standard InChI is InChI=1S/C23H30N2O5/c26-19(27)9-10-20(28)30-21-22(11-5-2-6-12-22)23(21,29)17-24-13-15-25(16-14-24)18-7-3-1-4-8-18/h1,3-4,7-10,21,29H,2,5-6,11-17H2,(H,26,27)/t21?,23-/m0/s1. The Bertz CT molecular complexity index is 797. The Morgan fingerprint density at radius 3 is 2.33 bits per heavy atom. The minimum Gasteiger partial charge on any atom is -0.478 e. The van der Waals surface area contributed by atoms with Gasteiger partial charge in [-0.25, -0.2) is 9.59 Å². The summed E-state index contributed by atoms with van der Waals surface area (Å²) in [6.45, 7) is 3.94. The number of nitrogens with zero attached hydrogens (tertiary/aromatic N) is 2. The maximum atomic E-state index is 12.1. The number of carboxylic acid groups (broad SMARTS) is 1. The van der Waals surface area contributed by atoms with Gasteiger partial charge in [-0.05, 0) is 25.0 Å². The maximum absolute atomic E-state index is 12.1. The highest BCUT2D eigenvalue weighted by molar-refractivity contribution is 5.91. The van der Waals surface area contributed by atoms with Crippen molar-refractivity contribution in [2.45, 2.75) is 43.8 Å². The molecule has 1 saturated heterocycles. The number of benzene rings is 1. The van der Waals surface area contributed by atoms with E-state index in [1.807, 2.05) is 18.2 Å². The highest BCUT2D eigenvalue weighted by Crippen LogP contribution is 2.66. The van der Waals surface area contributed by atoms with Crippen LogP contribution in [0.3, 0.4) is 0 Å². The lowest BCUT2D eigenvalue weighted by Crippen LogP contribution is -2.50. The Morgan fingerprint density at radius 1 is 1.03 bits per heavy atom. The third-order valence-corrected chi connectivity index (χ3v) is 7.01. The van der Waals surface area contributed by atoms with Crippen LogP contribution in [-0.4, -0.2) is 71.5 Å². The van der Waals surface area contributed by atoms with Crippen LogP contribution in [0.2, 0.25) is 0 Å². The number of para-hydroxylation sites is 1. The lowest BCUT2D eigenvalue weighted by atomic mass is 9.83. The summed E-state index contributed by atoms with van der Waals surface area (Å²) in [6, 6.07) is 10.3. The molecule has 0 bridgehead atoms. The molecule has 1 aromatic rings. The van der Waals surface area contributed by atoms with E-state index in [2.05, 4.69) is 21.9 Å². The third kappa shape index (κ3) is 3.96. The van der Waals surface area contributed by atoms with Gasteiger partial charge in [0, 0.05) is 56.0 Å². The van der Waals surface area contributed by atoms with E-state index in [4.69, 9.17) is 9.84 Å². The zero-order valence-electron chi connectivity index (χ0n) is 17.2. The molecule has 2 atom stereocenters. The van der Waals surface area contributed by atoms with Gasteiger partial charge in [-0.3, -0.25) is 4.90 Å². The normalized spacial score (nSPS) is 28.6. The Hall–Kier alpha value is -2.38. The Balaban J connectivity index is 1.40. The summed E-state index contributed by atoms with van der Waals surface area (Å²) in [6.07, 6.45) is 5.99. The van der Waals surface area contributed by atoms with Crippen molar-refractivity contribution in [2.24, 2.45) is 5.41 Å². The molecule has 1 spiro atoms. The number of ether oxygens (including phenoxy) is 1. The van der Waals surface area contributed by atoms with Gasteiger partial charge in [-0.15, -0.1) is 0 Å². The van der Waals surface area contributed by atoms with Crippen LogP contribution >= 0.6 is 0 Å². The van der Waals surface area contributed by atoms with Crippen LogP contribution in [-0.2, 0) is 14.3 Å². The summed E-state index contributed by atoms with van der Waals surface area (Å²) < 4.78 is 5.58. The summed E-state index contributed by atoms with van der Waals surface area (Å²) in [5.41, 5.74) is -0.244. The topological polar surface area (TPSA) is 90.3 Å². The van der Waals surface area contributed by atoms with Crippen molar-refractivity contribution in [1.29, 1.82) is 0 Å². The molecule has 30 heavy (non-hydrogen) atoms. The third-order valence-electron chi connectivity index (χ3n) is 7.01. The number of carbonyl (C=O) groups excluding carboxylic acids is 1. The number of rotatable bonds is 6. The van der Waals surface area contributed by atoms with E-state index in [0.29, 0.717) is 6.54 Å². The molecule has 162 valence electrons. The van der Waals surface area contributed by atoms with Crippen molar-refractivity contribution in [3.63, 3.8) is 0 Å². The summed E-state index contributed by atoms with van der Waals surface area (Å²) >= 11 is 0. The Labute approximate surface area is 176 Å². The number of carbonyl (C=O) groups is 2.